The number of hydrogen-bond acceptors (Lipinski definition) is 4. The molecule has 0 spiro atoms. The maximum absolute atomic E-state index is 13.2. The highest BCUT2D eigenvalue weighted by Gasteiger charge is 2.31. The van der Waals surface area contributed by atoms with Crippen molar-refractivity contribution >= 4 is 10.9 Å². The minimum absolute atomic E-state index is 0.0586. The first-order chi connectivity index (χ1) is 14.0. The molecule has 2 aromatic carbocycles. The van der Waals surface area contributed by atoms with Gasteiger partial charge in [-0.25, -0.2) is 4.98 Å². The molecule has 4 aromatic rings. The summed E-state index contributed by atoms with van der Waals surface area (Å²) in [6.45, 7) is 0.194. The third-order valence-corrected chi connectivity index (χ3v) is 4.19. The van der Waals surface area contributed by atoms with Crippen LogP contribution in [0.3, 0.4) is 0 Å². The van der Waals surface area contributed by atoms with E-state index in [2.05, 4.69) is 9.97 Å². The zero-order valence-electron chi connectivity index (χ0n) is 15.1. The van der Waals surface area contributed by atoms with Crippen LogP contribution in [0.4, 0.5) is 13.2 Å². The molecule has 2 heterocycles. The van der Waals surface area contributed by atoms with E-state index in [-0.39, 0.29) is 24.0 Å². The Balaban J connectivity index is 1.65. The lowest BCUT2D eigenvalue weighted by atomic mass is 10.2. The van der Waals surface area contributed by atoms with E-state index < -0.39 is 11.7 Å². The van der Waals surface area contributed by atoms with Crippen LogP contribution in [0.5, 0.6) is 17.4 Å². The van der Waals surface area contributed by atoms with Gasteiger partial charge >= 0.3 is 6.18 Å². The van der Waals surface area contributed by atoms with Gasteiger partial charge in [0.15, 0.2) is 11.5 Å². The molecule has 146 valence electrons. The van der Waals surface area contributed by atoms with Crippen LogP contribution < -0.4 is 9.47 Å². The van der Waals surface area contributed by atoms with Gasteiger partial charge in [-0.3, -0.25) is 4.98 Å². The summed E-state index contributed by atoms with van der Waals surface area (Å²) in [4.78, 5) is 8.33. The van der Waals surface area contributed by atoms with Crippen LogP contribution in [-0.2, 0) is 12.8 Å². The Hall–Kier alpha value is -3.61. The van der Waals surface area contributed by atoms with Gasteiger partial charge in [0, 0.05) is 23.8 Å². The van der Waals surface area contributed by atoms with E-state index in [0.717, 1.165) is 23.1 Å². The molecule has 0 saturated heterocycles. The molecule has 0 radical (unpaired) electrons. The van der Waals surface area contributed by atoms with Crippen molar-refractivity contribution in [2.24, 2.45) is 0 Å². The van der Waals surface area contributed by atoms with E-state index >= 15 is 0 Å². The summed E-state index contributed by atoms with van der Waals surface area (Å²) in [7, 11) is 0. The summed E-state index contributed by atoms with van der Waals surface area (Å²) < 4.78 is 50.9. The fraction of sp³-hybridized carbons (Fsp3) is 0.0909. The van der Waals surface area contributed by atoms with Gasteiger partial charge in [-0.05, 0) is 35.9 Å². The molecule has 0 aliphatic rings. The lowest BCUT2D eigenvalue weighted by Crippen LogP contribution is -2.06. The van der Waals surface area contributed by atoms with Crippen LogP contribution in [-0.4, -0.2) is 9.97 Å². The molecule has 29 heavy (non-hydrogen) atoms. The maximum Gasteiger partial charge on any atom is 0.416 e. The van der Waals surface area contributed by atoms with E-state index in [1.54, 1.807) is 30.6 Å². The van der Waals surface area contributed by atoms with Crippen molar-refractivity contribution in [3.05, 3.63) is 90.3 Å². The maximum atomic E-state index is 13.2. The zero-order valence-corrected chi connectivity index (χ0v) is 15.1. The third-order valence-electron chi connectivity index (χ3n) is 4.19. The summed E-state index contributed by atoms with van der Waals surface area (Å²) in [5.41, 5.74) is 0.676. The average molecular weight is 396 g/mol. The lowest BCUT2D eigenvalue weighted by Gasteiger charge is -2.15. The molecule has 0 aliphatic heterocycles. The zero-order chi connectivity index (χ0) is 20.3. The van der Waals surface area contributed by atoms with Crippen molar-refractivity contribution in [1.29, 1.82) is 0 Å². The number of ether oxygens (including phenoxy) is 2. The van der Waals surface area contributed by atoms with Crippen LogP contribution >= 0.6 is 0 Å². The molecule has 7 heteroatoms. The number of aromatic nitrogens is 2. The van der Waals surface area contributed by atoms with Gasteiger partial charge < -0.3 is 9.47 Å². The fourth-order valence-electron chi connectivity index (χ4n) is 2.73. The van der Waals surface area contributed by atoms with Crippen molar-refractivity contribution < 1.29 is 22.6 Å². The standard InChI is InChI=1S/C22H15F3N2O2/c23-22(24,25)17-7-8-19(28-14-15-4-2-1-3-5-15)20(12-17)29-21-9-6-16-13-26-11-10-18(16)27-21/h1-13H,14H2. The Kier molecular flexibility index (Phi) is 5.03. The van der Waals surface area contributed by atoms with Crippen molar-refractivity contribution in [2.75, 3.05) is 0 Å². The lowest BCUT2D eigenvalue weighted by molar-refractivity contribution is -0.137. The van der Waals surface area contributed by atoms with Crippen molar-refractivity contribution in [1.82, 2.24) is 9.97 Å². The van der Waals surface area contributed by atoms with E-state index in [1.165, 1.54) is 6.07 Å². The second kappa shape index (κ2) is 7.79. The highest BCUT2D eigenvalue weighted by atomic mass is 19.4. The number of benzene rings is 2. The topological polar surface area (TPSA) is 44.2 Å². The normalized spacial score (nSPS) is 11.4. The Morgan fingerprint density at radius 2 is 1.69 bits per heavy atom. The quantitative estimate of drug-likeness (QED) is 0.414. The number of fused-ring (bicyclic) bond motifs is 1. The molecule has 0 unspecified atom stereocenters. The number of alkyl halides is 3. The summed E-state index contributed by atoms with van der Waals surface area (Å²) in [5.74, 6) is 0.294. The summed E-state index contributed by atoms with van der Waals surface area (Å²) in [6, 6.07) is 17.5. The van der Waals surface area contributed by atoms with E-state index in [0.29, 0.717) is 5.52 Å². The van der Waals surface area contributed by atoms with Gasteiger partial charge in [-0.2, -0.15) is 13.2 Å². The average Bonchev–Trinajstić information content (AvgIpc) is 2.73. The van der Waals surface area contributed by atoms with Crippen molar-refractivity contribution in [3.8, 4) is 17.4 Å². The number of hydrogen-bond donors (Lipinski definition) is 0. The molecule has 0 atom stereocenters. The molecular formula is C22H15F3N2O2. The first-order valence-electron chi connectivity index (χ1n) is 8.76. The van der Waals surface area contributed by atoms with Gasteiger partial charge in [0.25, 0.3) is 0 Å². The molecule has 4 nitrogen and oxygen atoms in total. The minimum Gasteiger partial charge on any atom is -0.485 e. The first kappa shape index (κ1) is 18.7. The molecule has 2 aromatic heterocycles. The van der Waals surface area contributed by atoms with Gasteiger partial charge in [0.05, 0.1) is 11.1 Å². The molecule has 4 rings (SSSR count). The van der Waals surface area contributed by atoms with Crippen molar-refractivity contribution in [2.45, 2.75) is 12.8 Å². The second-order valence-electron chi connectivity index (χ2n) is 6.25. The van der Waals surface area contributed by atoms with Crippen LogP contribution in [0.2, 0.25) is 0 Å². The Bertz CT molecular complexity index is 1130. The first-order valence-corrected chi connectivity index (χ1v) is 8.76. The van der Waals surface area contributed by atoms with E-state index in [4.69, 9.17) is 9.47 Å². The van der Waals surface area contributed by atoms with Gasteiger partial charge in [0.1, 0.15) is 6.61 Å². The molecule has 0 bridgehead atoms. The Morgan fingerprint density at radius 3 is 2.48 bits per heavy atom. The van der Waals surface area contributed by atoms with Crippen LogP contribution in [0.1, 0.15) is 11.1 Å². The summed E-state index contributed by atoms with van der Waals surface area (Å²) in [6.07, 6.45) is -1.28. The minimum atomic E-state index is -4.50. The second-order valence-corrected chi connectivity index (χ2v) is 6.25. The van der Waals surface area contributed by atoms with Gasteiger partial charge in [-0.15, -0.1) is 0 Å². The van der Waals surface area contributed by atoms with Gasteiger partial charge in [0.2, 0.25) is 5.88 Å². The molecule has 0 N–H and O–H groups in total. The smallest absolute Gasteiger partial charge is 0.416 e. The largest absolute Gasteiger partial charge is 0.485 e. The van der Waals surface area contributed by atoms with Crippen LogP contribution in [0.25, 0.3) is 10.9 Å². The van der Waals surface area contributed by atoms with Crippen molar-refractivity contribution in [3.63, 3.8) is 0 Å². The molecular weight excluding hydrogens is 381 g/mol. The number of nitrogens with zero attached hydrogens (tertiary/aromatic N) is 2. The van der Waals surface area contributed by atoms with E-state index in [9.17, 15) is 13.2 Å². The summed E-state index contributed by atoms with van der Waals surface area (Å²) >= 11 is 0. The number of halogens is 3. The predicted molar refractivity (Wildman–Crippen MR) is 102 cm³/mol. The monoisotopic (exact) mass is 396 g/mol. The number of rotatable bonds is 5. The fourth-order valence-corrected chi connectivity index (χ4v) is 2.73. The van der Waals surface area contributed by atoms with Gasteiger partial charge in [-0.1, -0.05) is 30.3 Å². The highest BCUT2D eigenvalue weighted by Crippen LogP contribution is 2.38. The predicted octanol–water partition coefficient (Wildman–Crippen LogP) is 6.02. The highest BCUT2D eigenvalue weighted by molar-refractivity contribution is 5.77. The van der Waals surface area contributed by atoms with Crippen LogP contribution in [0.15, 0.2) is 79.1 Å². The Morgan fingerprint density at radius 1 is 0.862 bits per heavy atom. The number of pyridine rings is 2. The van der Waals surface area contributed by atoms with Crippen LogP contribution in [0, 0.1) is 0 Å². The molecule has 0 saturated carbocycles. The SMILES string of the molecule is FC(F)(F)c1ccc(OCc2ccccc2)c(Oc2ccc3cnccc3n2)c1. The summed E-state index contributed by atoms with van der Waals surface area (Å²) in [5, 5.41) is 0.796. The molecule has 0 fully saturated rings. The Labute approximate surface area is 164 Å². The molecule has 0 aliphatic carbocycles. The van der Waals surface area contributed by atoms with E-state index in [1.807, 2.05) is 30.3 Å². The third kappa shape index (κ3) is 4.45. The molecule has 0 amide bonds.